The summed E-state index contributed by atoms with van der Waals surface area (Å²) in [5, 5.41) is 5.79. The number of carbonyl (C=O) groups is 2. The first-order valence-corrected chi connectivity index (χ1v) is 14.0. The number of aromatic nitrogens is 3. The number of hydrogen-bond acceptors (Lipinski definition) is 10. The van der Waals surface area contributed by atoms with Crippen molar-refractivity contribution in [1.82, 2.24) is 20.3 Å². The molecule has 4 N–H and O–H groups in total. The quantitative estimate of drug-likeness (QED) is 0.251. The van der Waals surface area contributed by atoms with Crippen molar-refractivity contribution in [2.75, 3.05) is 48.8 Å². The lowest BCUT2D eigenvalue weighted by atomic mass is 10.1. The van der Waals surface area contributed by atoms with Gasteiger partial charge in [0.05, 0.1) is 49.2 Å². The SMILES string of the molecule is CC(CNC(=O)CCC(C)(C)S)Oc1ccc(-c2cnc(N)c(C(=O)Nc3cnccc3N3CCOCC3)n2)cc1. The van der Waals surface area contributed by atoms with E-state index in [-0.39, 0.29) is 28.3 Å². The van der Waals surface area contributed by atoms with Crippen molar-refractivity contribution in [3.05, 3.63) is 54.6 Å². The summed E-state index contributed by atoms with van der Waals surface area (Å²) >= 11 is 4.45. The van der Waals surface area contributed by atoms with Crippen LogP contribution in [0.5, 0.6) is 5.75 Å². The predicted molar refractivity (Wildman–Crippen MR) is 163 cm³/mol. The summed E-state index contributed by atoms with van der Waals surface area (Å²) in [5.41, 5.74) is 8.70. The smallest absolute Gasteiger partial charge is 0.278 e. The molecule has 1 unspecified atom stereocenters. The number of nitrogens with zero attached hydrogens (tertiary/aromatic N) is 4. The summed E-state index contributed by atoms with van der Waals surface area (Å²) in [6, 6.07) is 9.12. The molecule has 41 heavy (non-hydrogen) atoms. The highest BCUT2D eigenvalue weighted by Gasteiger charge is 2.20. The molecule has 0 spiro atoms. The monoisotopic (exact) mass is 579 g/mol. The maximum atomic E-state index is 13.2. The molecule has 1 aromatic carbocycles. The van der Waals surface area contributed by atoms with Crippen molar-refractivity contribution < 1.29 is 19.1 Å². The number of nitrogens with two attached hydrogens (primary N) is 1. The second kappa shape index (κ2) is 13.6. The third-order valence-corrected chi connectivity index (χ3v) is 6.68. The number of carbonyl (C=O) groups excluding carboxylic acids is 2. The molecule has 12 heteroatoms. The number of hydrogen-bond donors (Lipinski definition) is 4. The van der Waals surface area contributed by atoms with Gasteiger partial charge in [0.15, 0.2) is 11.5 Å². The number of nitrogen functional groups attached to an aromatic ring is 1. The van der Waals surface area contributed by atoms with Crippen LogP contribution >= 0.6 is 12.6 Å². The first kappa shape index (κ1) is 30.1. The van der Waals surface area contributed by atoms with Crippen molar-refractivity contribution in [1.29, 1.82) is 0 Å². The van der Waals surface area contributed by atoms with Crippen LogP contribution in [0.3, 0.4) is 0 Å². The molecule has 1 aliphatic heterocycles. The lowest BCUT2D eigenvalue weighted by Gasteiger charge is -2.30. The van der Waals surface area contributed by atoms with E-state index >= 15 is 0 Å². The predicted octanol–water partition coefficient (Wildman–Crippen LogP) is 3.58. The number of ether oxygens (including phenoxy) is 2. The number of morpholine rings is 1. The number of rotatable bonds is 11. The van der Waals surface area contributed by atoms with E-state index in [2.05, 4.69) is 43.1 Å². The molecule has 1 fully saturated rings. The Labute approximate surface area is 245 Å². The highest BCUT2D eigenvalue weighted by Crippen LogP contribution is 2.27. The molecule has 0 aliphatic carbocycles. The molecule has 4 rings (SSSR count). The number of amides is 2. The second-order valence-electron chi connectivity index (χ2n) is 10.5. The van der Waals surface area contributed by atoms with Gasteiger partial charge in [-0.2, -0.15) is 12.6 Å². The van der Waals surface area contributed by atoms with Gasteiger partial charge in [0.25, 0.3) is 5.91 Å². The molecule has 218 valence electrons. The Bertz CT molecular complexity index is 1340. The fourth-order valence-corrected chi connectivity index (χ4v) is 4.30. The van der Waals surface area contributed by atoms with Gasteiger partial charge in [-0.1, -0.05) is 13.8 Å². The summed E-state index contributed by atoms with van der Waals surface area (Å²) in [7, 11) is 0. The first-order chi connectivity index (χ1) is 19.6. The van der Waals surface area contributed by atoms with Crippen LogP contribution < -0.4 is 26.0 Å². The van der Waals surface area contributed by atoms with Crippen molar-refractivity contribution >= 4 is 41.6 Å². The van der Waals surface area contributed by atoms with Gasteiger partial charge in [-0.15, -0.1) is 0 Å². The topological polar surface area (TPSA) is 145 Å². The lowest BCUT2D eigenvalue weighted by Crippen LogP contribution is -2.36. The third kappa shape index (κ3) is 8.79. The maximum Gasteiger partial charge on any atom is 0.278 e. The van der Waals surface area contributed by atoms with Crippen LogP contribution in [0.1, 0.15) is 44.1 Å². The van der Waals surface area contributed by atoms with E-state index < -0.39 is 5.91 Å². The molecule has 3 aromatic rings. The molecule has 1 aliphatic rings. The lowest BCUT2D eigenvalue weighted by molar-refractivity contribution is -0.121. The molecule has 0 bridgehead atoms. The number of thiol groups is 1. The molecule has 2 aromatic heterocycles. The van der Waals surface area contributed by atoms with E-state index in [1.807, 2.05) is 39.0 Å². The Hall–Kier alpha value is -3.90. The van der Waals surface area contributed by atoms with Crippen molar-refractivity contribution in [3.63, 3.8) is 0 Å². The maximum absolute atomic E-state index is 13.2. The van der Waals surface area contributed by atoms with Gasteiger partial charge in [0.1, 0.15) is 11.9 Å². The van der Waals surface area contributed by atoms with Gasteiger partial charge in [-0.3, -0.25) is 14.6 Å². The molecule has 11 nitrogen and oxygen atoms in total. The van der Waals surface area contributed by atoms with Crippen LogP contribution in [0.2, 0.25) is 0 Å². The van der Waals surface area contributed by atoms with Crippen LogP contribution in [-0.4, -0.2) is 70.5 Å². The van der Waals surface area contributed by atoms with Crippen molar-refractivity contribution in [3.8, 4) is 17.0 Å². The van der Waals surface area contributed by atoms with E-state index in [9.17, 15) is 9.59 Å². The van der Waals surface area contributed by atoms with Gasteiger partial charge < -0.3 is 30.7 Å². The third-order valence-electron chi connectivity index (χ3n) is 6.45. The molecule has 0 saturated carbocycles. The number of anilines is 3. The van der Waals surface area contributed by atoms with E-state index in [0.29, 0.717) is 62.8 Å². The molecule has 0 radical (unpaired) electrons. The fourth-order valence-electron chi connectivity index (χ4n) is 4.19. The van der Waals surface area contributed by atoms with Crippen molar-refractivity contribution in [2.24, 2.45) is 0 Å². The van der Waals surface area contributed by atoms with Crippen LogP contribution in [0, 0.1) is 0 Å². The van der Waals surface area contributed by atoms with Gasteiger partial charge in [0, 0.05) is 36.0 Å². The number of pyridine rings is 1. The van der Waals surface area contributed by atoms with Crippen LogP contribution in [0.4, 0.5) is 17.2 Å². The first-order valence-electron chi connectivity index (χ1n) is 13.6. The Morgan fingerprint density at radius 2 is 1.90 bits per heavy atom. The summed E-state index contributed by atoms with van der Waals surface area (Å²) in [4.78, 5) is 40.3. The zero-order valence-corrected chi connectivity index (χ0v) is 24.5. The highest BCUT2D eigenvalue weighted by molar-refractivity contribution is 7.81. The Kier molecular flexibility index (Phi) is 10.0. The summed E-state index contributed by atoms with van der Waals surface area (Å²) in [6.07, 6.45) is 5.69. The van der Waals surface area contributed by atoms with Gasteiger partial charge >= 0.3 is 0 Å². The van der Waals surface area contributed by atoms with Crippen LogP contribution in [0.15, 0.2) is 48.9 Å². The number of nitrogens with one attached hydrogen (secondary N) is 2. The molecule has 1 saturated heterocycles. The zero-order chi connectivity index (χ0) is 29.4. The normalized spacial score (nSPS) is 14.3. The van der Waals surface area contributed by atoms with Crippen molar-refractivity contribution in [2.45, 2.75) is 44.5 Å². The Balaban J connectivity index is 1.38. The Morgan fingerprint density at radius 3 is 2.61 bits per heavy atom. The van der Waals surface area contributed by atoms with E-state index in [4.69, 9.17) is 15.2 Å². The molecular formula is C29H37N7O4S. The summed E-state index contributed by atoms with van der Waals surface area (Å²) in [5.74, 6) is 0.158. The second-order valence-corrected chi connectivity index (χ2v) is 11.7. The van der Waals surface area contributed by atoms with E-state index in [1.54, 1.807) is 24.5 Å². The summed E-state index contributed by atoms with van der Waals surface area (Å²) in [6.45, 7) is 8.90. The average Bonchev–Trinajstić information content (AvgIpc) is 2.96. The summed E-state index contributed by atoms with van der Waals surface area (Å²) < 4.78 is 11.2. The minimum atomic E-state index is -0.479. The molecule has 2 amide bonds. The largest absolute Gasteiger partial charge is 0.489 e. The zero-order valence-electron chi connectivity index (χ0n) is 23.6. The highest BCUT2D eigenvalue weighted by atomic mass is 32.1. The minimum absolute atomic E-state index is 0.0188. The van der Waals surface area contributed by atoms with E-state index in [0.717, 1.165) is 11.3 Å². The molecule has 3 heterocycles. The molecule has 1 atom stereocenters. The van der Waals surface area contributed by atoms with Gasteiger partial charge in [-0.05, 0) is 43.7 Å². The standard InChI is InChI=1S/C29H37N7O4S/c1-19(16-32-25(37)8-10-29(2,3)41)40-21-6-4-20(5-7-21)22-18-33-27(30)26(34-22)28(38)35-23-17-31-11-9-24(23)36-12-14-39-15-13-36/h4-7,9,11,17-19,41H,8,10,12-16H2,1-3H3,(H2,30,33)(H,32,37)(H,35,38). The van der Waals surface area contributed by atoms with Gasteiger partial charge in [0.2, 0.25) is 5.91 Å². The fraction of sp³-hybridized carbons (Fsp3) is 0.414. The minimum Gasteiger partial charge on any atom is -0.489 e. The average molecular weight is 580 g/mol. The van der Waals surface area contributed by atoms with Crippen LogP contribution in [0.25, 0.3) is 11.3 Å². The Morgan fingerprint density at radius 1 is 1.17 bits per heavy atom. The number of benzene rings is 1. The van der Waals surface area contributed by atoms with Crippen LogP contribution in [-0.2, 0) is 9.53 Å². The van der Waals surface area contributed by atoms with E-state index in [1.165, 1.54) is 6.20 Å². The van der Waals surface area contributed by atoms with Gasteiger partial charge in [-0.25, -0.2) is 9.97 Å². The molecular weight excluding hydrogens is 542 g/mol.